The van der Waals surface area contributed by atoms with Gasteiger partial charge in [0.25, 0.3) is 0 Å². The van der Waals surface area contributed by atoms with Crippen molar-refractivity contribution in [1.82, 2.24) is 4.51 Å². The molecule has 0 saturated carbocycles. The molecule has 1 rings (SSSR count). The van der Waals surface area contributed by atoms with Gasteiger partial charge in [0.1, 0.15) is 0 Å². The fraction of sp³-hybridized carbons (Fsp3) is 0. The third-order valence-corrected chi connectivity index (χ3v) is 10.8. The maximum atomic E-state index is 4.09. The summed E-state index contributed by atoms with van der Waals surface area (Å²) in [6.07, 6.45) is 0. The summed E-state index contributed by atoms with van der Waals surface area (Å²) in [6, 6.07) is 0. The molecule has 0 atom stereocenters. The van der Waals surface area contributed by atoms with E-state index in [0.717, 1.165) is 0 Å². The second-order valence-corrected chi connectivity index (χ2v) is 9.66. The number of nitrogens with zero attached hydrogens (tertiary/aromatic N) is 1. The molecule has 30 valence electrons. The molecule has 1 nitrogen and oxygen atoms in total. The Labute approximate surface area is 43.8 Å². The van der Waals surface area contributed by atoms with Crippen molar-refractivity contribution in [1.29, 1.82) is 0 Å². The summed E-state index contributed by atoms with van der Waals surface area (Å²) in [5.41, 5.74) is 0. The third-order valence-electron chi connectivity index (χ3n) is 0.240. The molecule has 0 aromatic carbocycles. The van der Waals surface area contributed by atoms with Gasteiger partial charge in [-0.05, 0) is 0 Å². The second kappa shape index (κ2) is 3.32. The van der Waals surface area contributed by atoms with Gasteiger partial charge in [0, 0.05) is 22.6 Å². The minimum absolute atomic E-state index is 1.26. The van der Waals surface area contributed by atoms with Crippen LogP contribution in [0.4, 0.5) is 0 Å². The maximum Gasteiger partial charge on any atom is 0.0807 e. The third kappa shape index (κ3) is 1.84. The van der Waals surface area contributed by atoms with Gasteiger partial charge in [-0.25, -0.2) is 0 Å². The first-order valence-corrected chi connectivity index (χ1v) is 8.40. The Balaban J connectivity index is 3.00. The molecular formula is NP5. The smallest absolute Gasteiger partial charge is 0.0807 e. The first-order chi connectivity index (χ1) is 3.00. The zero-order valence-corrected chi connectivity index (χ0v) is 7.16. The lowest BCUT2D eigenvalue weighted by atomic mass is 13.9. The summed E-state index contributed by atoms with van der Waals surface area (Å²) in [5, 5.41) is 0. The fourth-order valence-corrected chi connectivity index (χ4v) is 11.6. The number of hydrogen-bond acceptors (Lipinski definition) is 1. The molecule has 0 saturated heterocycles. The summed E-state index contributed by atoms with van der Waals surface area (Å²) in [5.74, 6) is 0. The highest BCUT2D eigenvalue weighted by molar-refractivity contribution is 8.38. The van der Waals surface area contributed by atoms with E-state index in [2.05, 4.69) is 4.51 Å². The SMILES string of the molecule is n1ppppp1. The van der Waals surface area contributed by atoms with Gasteiger partial charge in [-0.3, -0.25) is 0 Å². The molecule has 0 fully saturated rings. The Morgan fingerprint density at radius 2 is 1.50 bits per heavy atom. The molecule has 1 heterocycles. The highest BCUT2D eigenvalue weighted by Gasteiger charge is 1.64. The highest BCUT2D eigenvalue weighted by Crippen LogP contribution is 2.39. The van der Waals surface area contributed by atoms with E-state index >= 15 is 0 Å². The van der Waals surface area contributed by atoms with Crippen molar-refractivity contribution in [3.05, 3.63) is 0 Å². The van der Waals surface area contributed by atoms with Crippen LogP contribution in [-0.4, -0.2) is 4.51 Å². The lowest BCUT2D eigenvalue weighted by Gasteiger charge is -1.64. The van der Waals surface area contributed by atoms with E-state index in [-0.39, 0.29) is 0 Å². The Hall–Kier alpha value is 1.30. The largest absolute Gasteiger partial charge is 0.197 e. The molecule has 0 aliphatic heterocycles. The molecule has 0 bridgehead atoms. The van der Waals surface area contributed by atoms with Gasteiger partial charge in [-0.2, -0.15) is 4.51 Å². The molecule has 0 N–H and O–H groups in total. The monoisotopic (exact) mass is 169 g/mol. The van der Waals surface area contributed by atoms with Gasteiger partial charge in [0.2, 0.25) is 0 Å². The zero-order chi connectivity index (χ0) is 4.24. The second-order valence-electron chi connectivity index (χ2n) is 0.537. The van der Waals surface area contributed by atoms with E-state index in [9.17, 15) is 0 Å². The molecule has 0 radical (unpaired) electrons. The number of rotatable bonds is 0. The fourth-order valence-electron chi connectivity index (χ4n) is 0.107. The van der Waals surface area contributed by atoms with Crippen LogP contribution in [0.5, 0.6) is 0 Å². The summed E-state index contributed by atoms with van der Waals surface area (Å²) in [4.78, 5) is 0. The van der Waals surface area contributed by atoms with Crippen molar-refractivity contribution < 1.29 is 0 Å². The van der Waals surface area contributed by atoms with E-state index in [4.69, 9.17) is 0 Å². The highest BCUT2D eigenvalue weighted by atomic mass is 32.4. The van der Waals surface area contributed by atoms with Gasteiger partial charge in [-0.1, -0.05) is 0 Å². The van der Waals surface area contributed by atoms with Crippen molar-refractivity contribution in [3.8, 4) is 0 Å². The molecule has 6 heavy (non-hydrogen) atoms. The molecule has 0 spiro atoms. The first kappa shape index (κ1) is 5.44. The predicted octanol–water partition coefficient (Wildman–Crippen LogP) is 3.98. The van der Waals surface area contributed by atoms with Crippen LogP contribution >= 0.6 is 38.7 Å². The molecule has 1 aromatic rings. The van der Waals surface area contributed by atoms with Crippen molar-refractivity contribution >= 4 is 38.7 Å². The van der Waals surface area contributed by atoms with Gasteiger partial charge in [-0.15, -0.1) is 0 Å². The van der Waals surface area contributed by atoms with Crippen molar-refractivity contribution in [2.24, 2.45) is 0 Å². The van der Waals surface area contributed by atoms with E-state index in [1.165, 1.54) is 38.7 Å². The van der Waals surface area contributed by atoms with E-state index in [1.807, 2.05) is 0 Å². The summed E-state index contributed by atoms with van der Waals surface area (Å²) < 4.78 is 4.09. The average Bonchev–Trinajstić information content (AvgIpc) is 1.72. The standard InChI is InChI=1S/NP5/c1-2-4-6-5-3-1. The molecule has 0 unspecified atom stereocenters. The number of aromatic nitrogens is 1. The summed E-state index contributed by atoms with van der Waals surface area (Å²) >= 11 is 0. The number of hydrogen-bond donors (Lipinski definition) is 0. The van der Waals surface area contributed by atoms with Crippen molar-refractivity contribution in [3.63, 3.8) is 0 Å². The van der Waals surface area contributed by atoms with Crippen LogP contribution in [0, 0.1) is 0 Å². The van der Waals surface area contributed by atoms with Gasteiger partial charge < -0.3 is 0 Å². The zero-order valence-electron chi connectivity index (χ0n) is 2.68. The van der Waals surface area contributed by atoms with E-state index in [0.29, 0.717) is 0 Å². The Bertz CT molecular complexity index is 75.9. The Morgan fingerprint density at radius 1 is 0.833 bits per heavy atom. The van der Waals surface area contributed by atoms with Crippen LogP contribution in [0.25, 0.3) is 0 Å². The first-order valence-electron chi connectivity index (χ1n) is 1.20. The summed E-state index contributed by atoms with van der Waals surface area (Å²) in [7, 11) is 6.97. The lowest BCUT2D eigenvalue weighted by Crippen LogP contribution is -1.18. The quantitative estimate of drug-likeness (QED) is 0.571. The predicted molar refractivity (Wildman–Crippen MR) is 36.8 cm³/mol. The van der Waals surface area contributed by atoms with Crippen molar-refractivity contribution in [2.45, 2.75) is 0 Å². The molecule has 0 aliphatic carbocycles. The molecule has 0 amide bonds. The molecule has 0 aliphatic rings. The van der Waals surface area contributed by atoms with Crippen LogP contribution in [0.1, 0.15) is 0 Å². The Morgan fingerprint density at radius 3 is 1.67 bits per heavy atom. The lowest BCUT2D eigenvalue weighted by molar-refractivity contribution is 1.93. The van der Waals surface area contributed by atoms with Crippen LogP contribution < -0.4 is 0 Å². The topological polar surface area (TPSA) is 12.9 Å². The Kier molecular flexibility index (Phi) is 3.01. The van der Waals surface area contributed by atoms with Gasteiger partial charge in [0.15, 0.2) is 0 Å². The average molecular weight is 169 g/mol. The molecule has 6 heteroatoms. The minimum Gasteiger partial charge on any atom is -0.197 e. The van der Waals surface area contributed by atoms with E-state index in [1.54, 1.807) is 0 Å². The summed E-state index contributed by atoms with van der Waals surface area (Å²) in [6.45, 7) is 0. The van der Waals surface area contributed by atoms with Crippen LogP contribution in [0.3, 0.4) is 0 Å². The van der Waals surface area contributed by atoms with E-state index < -0.39 is 0 Å². The minimum atomic E-state index is 1.26. The molecular weight excluding hydrogens is 169 g/mol. The van der Waals surface area contributed by atoms with Gasteiger partial charge >= 0.3 is 0 Å². The maximum absolute atomic E-state index is 4.09. The van der Waals surface area contributed by atoms with Crippen LogP contribution in [0.15, 0.2) is 0 Å². The van der Waals surface area contributed by atoms with Crippen LogP contribution in [-0.2, 0) is 0 Å². The normalized spacial score (nSPS) is 14.7. The molecule has 1 aromatic heterocycles. The van der Waals surface area contributed by atoms with Gasteiger partial charge in [0.05, 0.1) is 16.1 Å². The van der Waals surface area contributed by atoms with Crippen LogP contribution in [0.2, 0.25) is 0 Å². The van der Waals surface area contributed by atoms with Crippen molar-refractivity contribution in [2.75, 3.05) is 0 Å².